The van der Waals surface area contributed by atoms with Crippen molar-refractivity contribution >= 4 is 24.0 Å². The fraction of sp³-hybridized carbons (Fsp3) is 0.400. The highest BCUT2D eigenvalue weighted by Gasteiger charge is 2.29. The Kier molecular flexibility index (Phi) is 5.57. The van der Waals surface area contributed by atoms with E-state index >= 15 is 0 Å². The molecule has 0 fully saturated rings. The van der Waals surface area contributed by atoms with Gasteiger partial charge in [0.15, 0.2) is 6.20 Å². The van der Waals surface area contributed by atoms with Crippen LogP contribution in [0.4, 0.5) is 0 Å². The number of aryl methyl sites for hydroxylation is 3. The van der Waals surface area contributed by atoms with Crippen molar-refractivity contribution in [3.05, 3.63) is 59.3 Å². The maximum Gasteiger partial charge on any atom is 0.220 e. The lowest BCUT2D eigenvalue weighted by Crippen LogP contribution is -2.45. The molecule has 0 aliphatic rings. The highest BCUT2D eigenvalue weighted by molar-refractivity contribution is 6.91. The molecule has 27 heavy (non-hydrogen) atoms. The van der Waals surface area contributed by atoms with E-state index in [0.717, 1.165) is 0 Å². The highest BCUT2D eigenvalue weighted by Crippen LogP contribution is 2.31. The molecule has 0 N–H and O–H groups in total. The van der Waals surface area contributed by atoms with Crippen LogP contribution in [0.3, 0.4) is 0 Å². The van der Waals surface area contributed by atoms with Crippen molar-refractivity contribution < 1.29 is 4.57 Å². The summed E-state index contributed by atoms with van der Waals surface area (Å²) in [6.45, 7) is 13.8. The van der Waals surface area contributed by atoms with Gasteiger partial charge in [0.1, 0.15) is 7.05 Å². The maximum absolute atomic E-state index is 2.50. The van der Waals surface area contributed by atoms with Gasteiger partial charge in [-0.25, -0.2) is 4.57 Å². The summed E-state index contributed by atoms with van der Waals surface area (Å²) in [7, 11) is 0.813. The van der Waals surface area contributed by atoms with Crippen LogP contribution in [0.5, 0.6) is 0 Å². The normalized spacial score (nSPS) is 12.0. The molecule has 0 saturated heterocycles. The molecule has 1 nitrogen and oxygen atoms in total. The van der Waals surface area contributed by atoms with Gasteiger partial charge in [-0.15, -0.1) is 0 Å². The Morgan fingerprint density at radius 2 is 1.52 bits per heavy atom. The van der Waals surface area contributed by atoms with Crippen LogP contribution in [0.25, 0.3) is 22.0 Å². The van der Waals surface area contributed by atoms with Crippen molar-refractivity contribution in [1.82, 2.24) is 0 Å². The topological polar surface area (TPSA) is 3.88 Å². The quantitative estimate of drug-likeness (QED) is 0.381. The van der Waals surface area contributed by atoms with E-state index in [1.54, 1.807) is 5.19 Å². The van der Waals surface area contributed by atoms with Crippen molar-refractivity contribution in [3.8, 4) is 11.3 Å². The third-order valence-electron chi connectivity index (χ3n) is 6.85. The Balaban J connectivity index is 2.29. The van der Waals surface area contributed by atoms with Crippen LogP contribution in [0.1, 0.15) is 37.5 Å². The molecule has 0 radical (unpaired) electrons. The van der Waals surface area contributed by atoms with Gasteiger partial charge in [-0.05, 0) is 49.4 Å². The van der Waals surface area contributed by atoms with Crippen LogP contribution < -0.4 is 9.75 Å². The third kappa shape index (κ3) is 3.36. The van der Waals surface area contributed by atoms with Gasteiger partial charge in [-0.2, -0.15) is 0 Å². The molecule has 3 rings (SSSR count). The Morgan fingerprint density at radius 1 is 0.852 bits per heavy atom. The van der Waals surface area contributed by atoms with Crippen LogP contribution >= 0.6 is 0 Å². The Hall–Kier alpha value is -1.93. The molecule has 0 aliphatic carbocycles. The van der Waals surface area contributed by atoms with E-state index in [1.807, 2.05) is 0 Å². The van der Waals surface area contributed by atoms with Crippen molar-refractivity contribution in [2.75, 3.05) is 0 Å². The van der Waals surface area contributed by atoms with Gasteiger partial charge < -0.3 is 0 Å². The monoisotopic (exact) mass is 376 g/mol. The Morgan fingerprint density at radius 3 is 2.15 bits per heavy atom. The minimum atomic E-state index is -1.36. The molecule has 0 spiro atoms. The van der Waals surface area contributed by atoms with Crippen LogP contribution in [-0.2, 0) is 7.05 Å². The number of rotatable bonds is 5. The lowest BCUT2D eigenvalue weighted by atomic mass is 9.94. The number of pyridine rings is 1. The molecule has 142 valence electrons. The van der Waals surface area contributed by atoms with Gasteiger partial charge in [-0.1, -0.05) is 67.9 Å². The first-order valence-corrected chi connectivity index (χ1v) is 13.0. The molecule has 0 atom stereocenters. The average Bonchev–Trinajstić information content (AvgIpc) is 2.67. The van der Waals surface area contributed by atoms with Gasteiger partial charge in [-0.3, -0.25) is 0 Å². The van der Waals surface area contributed by atoms with Crippen LogP contribution in [0.2, 0.25) is 18.1 Å². The summed E-state index contributed by atoms with van der Waals surface area (Å²) in [6, 6.07) is 18.2. The highest BCUT2D eigenvalue weighted by atomic mass is 28.3. The zero-order valence-electron chi connectivity index (χ0n) is 18.1. The predicted molar refractivity (Wildman–Crippen MR) is 122 cm³/mol. The van der Waals surface area contributed by atoms with E-state index in [0.29, 0.717) is 0 Å². The molecule has 1 aromatic heterocycles. The minimum absolute atomic E-state index is 1.33. The number of benzene rings is 2. The largest absolute Gasteiger partial charge is 0.220 e. The molecule has 0 aliphatic heterocycles. The summed E-state index contributed by atoms with van der Waals surface area (Å²) in [5.74, 6) is 0. The van der Waals surface area contributed by atoms with Crippen LogP contribution in [-0.4, -0.2) is 8.07 Å². The van der Waals surface area contributed by atoms with E-state index in [9.17, 15) is 0 Å². The van der Waals surface area contributed by atoms with Gasteiger partial charge >= 0.3 is 0 Å². The summed E-state index contributed by atoms with van der Waals surface area (Å²) >= 11 is 0. The van der Waals surface area contributed by atoms with Gasteiger partial charge in [0, 0.05) is 6.07 Å². The SMILES string of the molecule is CC[Si](CC)(CC)c1ccc2c(-c3cc(C)cc(C)c3C)[n+](C)ccc2c1. The van der Waals surface area contributed by atoms with Crippen LogP contribution in [0, 0.1) is 20.8 Å². The van der Waals surface area contributed by atoms with Crippen molar-refractivity contribution in [1.29, 1.82) is 0 Å². The summed E-state index contributed by atoms with van der Waals surface area (Å²) in [5, 5.41) is 4.37. The second kappa shape index (κ2) is 7.59. The molecule has 0 amide bonds. The molecular formula is C25H34NSi+. The third-order valence-corrected chi connectivity index (χ3v) is 12.4. The van der Waals surface area contributed by atoms with Crippen molar-refractivity contribution in [2.45, 2.75) is 59.7 Å². The molecule has 1 heterocycles. The second-order valence-electron chi connectivity index (χ2n) is 8.17. The van der Waals surface area contributed by atoms with E-state index in [2.05, 4.69) is 95.8 Å². The molecule has 0 unspecified atom stereocenters. The second-order valence-corrected chi connectivity index (χ2v) is 13.4. The van der Waals surface area contributed by atoms with Gasteiger partial charge in [0.2, 0.25) is 5.69 Å². The molecule has 0 saturated carbocycles. The molecule has 3 aromatic rings. The summed E-state index contributed by atoms with van der Waals surface area (Å²) in [4.78, 5) is 0. The van der Waals surface area contributed by atoms with E-state index in [1.165, 1.54) is 56.9 Å². The van der Waals surface area contributed by atoms with Crippen LogP contribution in [0.15, 0.2) is 42.6 Å². The maximum atomic E-state index is 2.50. The number of hydrogen-bond donors (Lipinski definition) is 0. The number of fused-ring (bicyclic) bond motifs is 1. The fourth-order valence-electron chi connectivity index (χ4n) is 4.69. The fourth-order valence-corrected chi connectivity index (χ4v) is 8.31. The number of hydrogen-bond acceptors (Lipinski definition) is 0. The number of aromatic nitrogens is 1. The Bertz CT molecular complexity index is 975. The minimum Gasteiger partial charge on any atom is -0.200 e. The summed E-state index contributed by atoms with van der Waals surface area (Å²) in [5.41, 5.74) is 6.77. The lowest BCUT2D eigenvalue weighted by molar-refractivity contribution is -0.659. The van der Waals surface area contributed by atoms with E-state index in [4.69, 9.17) is 0 Å². The van der Waals surface area contributed by atoms with Crippen molar-refractivity contribution in [3.63, 3.8) is 0 Å². The predicted octanol–water partition coefficient (Wildman–Crippen LogP) is 5.97. The smallest absolute Gasteiger partial charge is 0.200 e. The molecule has 2 heteroatoms. The zero-order chi connectivity index (χ0) is 19.8. The standard InChI is InChI=1S/C25H34NSi/c1-8-27(9-2,10-3)22-11-12-23-21(17-22)13-14-26(7)25(23)24-16-18(4)15-19(5)20(24)6/h11-17H,8-10H2,1-7H3/q+1. The van der Waals surface area contributed by atoms with Gasteiger partial charge in [0.05, 0.1) is 19.0 Å². The summed E-state index contributed by atoms with van der Waals surface area (Å²) in [6.07, 6.45) is 2.23. The first-order chi connectivity index (χ1) is 12.9. The van der Waals surface area contributed by atoms with E-state index < -0.39 is 8.07 Å². The Labute approximate surface area is 166 Å². The zero-order valence-corrected chi connectivity index (χ0v) is 19.1. The van der Waals surface area contributed by atoms with Gasteiger partial charge in [0.25, 0.3) is 0 Å². The average molecular weight is 377 g/mol. The lowest BCUT2D eigenvalue weighted by Gasteiger charge is -2.29. The summed E-state index contributed by atoms with van der Waals surface area (Å²) < 4.78 is 2.29. The van der Waals surface area contributed by atoms with E-state index in [-0.39, 0.29) is 0 Å². The first kappa shape index (κ1) is 19.8. The molecular weight excluding hydrogens is 342 g/mol. The molecule has 2 aromatic carbocycles. The number of nitrogens with zero attached hydrogens (tertiary/aromatic N) is 1. The van der Waals surface area contributed by atoms with Crippen molar-refractivity contribution in [2.24, 2.45) is 7.05 Å². The first-order valence-electron chi connectivity index (χ1n) is 10.4. The molecule has 0 bridgehead atoms.